The fourth-order valence-corrected chi connectivity index (χ4v) is 2.07. The van der Waals surface area contributed by atoms with Gasteiger partial charge in [-0.25, -0.2) is 4.79 Å². The van der Waals surface area contributed by atoms with E-state index in [2.05, 4.69) is 5.32 Å². The molecule has 2 atom stereocenters. The van der Waals surface area contributed by atoms with Crippen molar-refractivity contribution in [3.63, 3.8) is 0 Å². The monoisotopic (exact) mass is 357 g/mol. The maximum Gasteiger partial charge on any atom is 0.347 e. The number of ether oxygens (including phenoxy) is 2. The van der Waals surface area contributed by atoms with Crippen LogP contribution in [0.3, 0.4) is 0 Å². The summed E-state index contributed by atoms with van der Waals surface area (Å²) in [6.07, 6.45) is -0.310. The maximum atomic E-state index is 12.1. The standard InChI is InChI=1S/C18H27NO4.ClH/c1-13(16(20)22-12-14-9-7-6-8-10-14)23-17(21)15(19-5)11-18(2,3)4;/h6-10,13,15,19H,11-12H2,1-5H3;1H/t13-,15+;/m1./s1. The number of nitrogens with one attached hydrogen (secondary N) is 1. The molecule has 0 heterocycles. The van der Waals surface area contributed by atoms with Gasteiger partial charge in [-0.3, -0.25) is 4.79 Å². The van der Waals surface area contributed by atoms with Gasteiger partial charge in [-0.05, 0) is 31.4 Å². The first-order valence-electron chi connectivity index (χ1n) is 7.81. The molecule has 0 saturated heterocycles. The highest BCUT2D eigenvalue weighted by Crippen LogP contribution is 2.21. The third-order valence-corrected chi connectivity index (χ3v) is 3.30. The normalized spacial score (nSPS) is 13.4. The zero-order valence-electron chi connectivity index (χ0n) is 15.0. The molecule has 0 bridgehead atoms. The minimum absolute atomic E-state index is 0. The van der Waals surface area contributed by atoms with E-state index >= 15 is 0 Å². The van der Waals surface area contributed by atoms with Crippen LogP contribution in [0.1, 0.15) is 39.7 Å². The Balaban J connectivity index is 0.00000529. The lowest BCUT2D eigenvalue weighted by Crippen LogP contribution is -2.41. The average Bonchev–Trinajstić information content (AvgIpc) is 2.50. The molecule has 0 radical (unpaired) electrons. The molecule has 1 aromatic rings. The Bertz CT molecular complexity index is 514. The van der Waals surface area contributed by atoms with Crippen LogP contribution in [0.25, 0.3) is 0 Å². The number of hydrogen-bond acceptors (Lipinski definition) is 5. The molecule has 6 heteroatoms. The molecule has 1 N–H and O–H groups in total. The number of likely N-dealkylation sites (N-methyl/N-ethyl adjacent to an activating group) is 1. The molecule has 1 rings (SSSR count). The van der Waals surface area contributed by atoms with E-state index in [4.69, 9.17) is 9.47 Å². The number of benzene rings is 1. The molecule has 1 aromatic carbocycles. The highest BCUT2D eigenvalue weighted by Gasteiger charge is 2.28. The van der Waals surface area contributed by atoms with Crippen molar-refractivity contribution in [2.75, 3.05) is 7.05 Å². The van der Waals surface area contributed by atoms with Crippen LogP contribution >= 0.6 is 12.4 Å². The van der Waals surface area contributed by atoms with Crippen molar-refractivity contribution in [1.29, 1.82) is 0 Å². The van der Waals surface area contributed by atoms with Gasteiger partial charge in [0.2, 0.25) is 0 Å². The van der Waals surface area contributed by atoms with Gasteiger partial charge >= 0.3 is 11.9 Å². The van der Waals surface area contributed by atoms with Gasteiger partial charge in [0.15, 0.2) is 6.10 Å². The van der Waals surface area contributed by atoms with Crippen LogP contribution in [0.2, 0.25) is 0 Å². The zero-order valence-corrected chi connectivity index (χ0v) is 15.8. The number of rotatable bonds is 7. The highest BCUT2D eigenvalue weighted by molar-refractivity contribution is 5.85. The Morgan fingerprint density at radius 3 is 2.21 bits per heavy atom. The quantitative estimate of drug-likeness (QED) is 0.759. The Kier molecular flexibility index (Phi) is 9.63. The van der Waals surface area contributed by atoms with Gasteiger partial charge in [0, 0.05) is 0 Å². The van der Waals surface area contributed by atoms with Crippen LogP contribution in [0.4, 0.5) is 0 Å². The summed E-state index contributed by atoms with van der Waals surface area (Å²) in [5, 5.41) is 2.93. The predicted molar refractivity (Wildman–Crippen MR) is 96.0 cm³/mol. The van der Waals surface area contributed by atoms with Gasteiger partial charge in [0.05, 0.1) is 0 Å². The fourth-order valence-electron chi connectivity index (χ4n) is 2.07. The first-order valence-corrected chi connectivity index (χ1v) is 7.81. The summed E-state index contributed by atoms with van der Waals surface area (Å²) < 4.78 is 10.4. The van der Waals surface area contributed by atoms with E-state index in [1.807, 2.05) is 51.1 Å². The molecule has 0 aromatic heterocycles. The van der Waals surface area contributed by atoms with E-state index in [1.165, 1.54) is 6.92 Å². The first-order chi connectivity index (χ1) is 10.7. The third kappa shape index (κ3) is 8.31. The van der Waals surface area contributed by atoms with E-state index in [9.17, 15) is 9.59 Å². The molecule has 24 heavy (non-hydrogen) atoms. The van der Waals surface area contributed by atoms with Crippen LogP contribution in [-0.2, 0) is 25.7 Å². The van der Waals surface area contributed by atoms with Gasteiger partial charge < -0.3 is 14.8 Å². The Hall–Kier alpha value is -1.59. The summed E-state index contributed by atoms with van der Waals surface area (Å²) in [6, 6.07) is 8.92. The maximum absolute atomic E-state index is 12.1. The minimum atomic E-state index is -0.929. The Morgan fingerprint density at radius 2 is 1.71 bits per heavy atom. The van der Waals surface area contributed by atoms with Gasteiger partial charge in [-0.2, -0.15) is 0 Å². The van der Waals surface area contributed by atoms with Crippen molar-refractivity contribution < 1.29 is 19.1 Å². The zero-order chi connectivity index (χ0) is 17.5. The molecule has 0 unspecified atom stereocenters. The van der Waals surface area contributed by atoms with E-state index in [0.717, 1.165) is 5.56 Å². The molecule has 0 aliphatic carbocycles. The van der Waals surface area contributed by atoms with E-state index in [-0.39, 0.29) is 24.4 Å². The predicted octanol–water partition coefficient (Wildman–Crippen LogP) is 3.11. The topological polar surface area (TPSA) is 64.6 Å². The second kappa shape index (κ2) is 10.3. The summed E-state index contributed by atoms with van der Waals surface area (Å²) in [4.78, 5) is 24.1. The second-order valence-corrected chi connectivity index (χ2v) is 6.78. The molecule has 0 aliphatic rings. The fraction of sp³-hybridized carbons (Fsp3) is 0.556. The smallest absolute Gasteiger partial charge is 0.347 e. The second-order valence-electron chi connectivity index (χ2n) is 6.78. The van der Waals surface area contributed by atoms with Gasteiger partial charge in [-0.1, -0.05) is 51.1 Å². The first kappa shape index (κ1) is 22.4. The lowest BCUT2D eigenvalue weighted by atomic mass is 9.88. The van der Waals surface area contributed by atoms with Gasteiger partial charge in [0.1, 0.15) is 12.6 Å². The average molecular weight is 358 g/mol. The van der Waals surface area contributed by atoms with Gasteiger partial charge in [0.25, 0.3) is 0 Å². The largest absolute Gasteiger partial charge is 0.458 e. The molecular weight excluding hydrogens is 330 g/mol. The van der Waals surface area contributed by atoms with Crippen molar-refractivity contribution in [1.82, 2.24) is 5.32 Å². The molecule has 0 amide bonds. The van der Waals surface area contributed by atoms with E-state index < -0.39 is 24.1 Å². The summed E-state index contributed by atoms with van der Waals surface area (Å²) in [5.74, 6) is -0.987. The lowest BCUT2D eigenvalue weighted by molar-refractivity contribution is -0.169. The number of halogens is 1. The van der Waals surface area contributed by atoms with Crippen molar-refractivity contribution in [3.05, 3.63) is 35.9 Å². The summed E-state index contributed by atoms with van der Waals surface area (Å²) >= 11 is 0. The van der Waals surface area contributed by atoms with E-state index in [0.29, 0.717) is 6.42 Å². The number of esters is 2. The van der Waals surface area contributed by atoms with Gasteiger partial charge in [-0.15, -0.1) is 12.4 Å². The molecule has 136 valence electrons. The van der Waals surface area contributed by atoms with Crippen LogP contribution < -0.4 is 5.32 Å². The molecule has 0 spiro atoms. The van der Waals surface area contributed by atoms with Crippen LogP contribution in [0, 0.1) is 5.41 Å². The van der Waals surface area contributed by atoms with Crippen LogP contribution in [0.5, 0.6) is 0 Å². The van der Waals surface area contributed by atoms with Crippen molar-refractivity contribution in [2.24, 2.45) is 5.41 Å². The lowest BCUT2D eigenvalue weighted by Gasteiger charge is -2.25. The van der Waals surface area contributed by atoms with Crippen molar-refractivity contribution in [3.8, 4) is 0 Å². The number of carbonyl (C=O) groups excluding carboxylic acids is 2. The van der Waals surface area contributed by atoms with Crippen molar-refractivity contribution >= 4 is 24.3 Å². The highest BCUT2D eigenvalue weighted by atomic mass is 35.5. The molecule has 0 fully saturated rings. The van der Waals surface area contributed by atoms with E-state index in [1.54, 1.807) is 7.05 Å². The molecule has 0 saturated carbocycles. The summed E-state index contributed by atoms with van der Waals surface area (Å²) in [5.41, 5.74) is 0.865. The summed E-state index contributed by atoms with van der Waals surface area (Å²) in [6.45, 7) is 7.82. The number of hydrogen-bond donors (Lipinski definition) is 1. The van der Waals surface area contributed by atoms with Crippen LogP contribution in [-0.4, -0.2) is 31.1 Å². The Labute approximate surface area is 150 Å². The van der Waals surface area contributed by atoms with Crippen molar-refractivity contribution in [2.45, 2.75) is 52.9 Å². The Morgan fingerprint density at radius 1 is 1.12 bits per heavy atom. The molecule has 0 aliphatic heterocycles. The minimum Gasteiger partial charge on any atom is -0.458 e. The number of carbonyl (C=O) groups is 2. The third-order valence-electron chi connectivity index (χ3n) is 3.30. The summed E-state index contributed by atoms with van der Waals surface area (Å²) in [7, 11) is 1.70. The molecular formula is C18H28ClNO4. The van der Waals surface area contributed by atoms with Crippen LogP contribution in [0.15, 0.2) is 30.3 Å². The molecule has 5 nitrogen and oxygen atoms in total. The SMILES string of the molecule is CN[C@@H](CC(C)(C)C)C(=O)O[C@H](C)C(=O)OCc1ccccc1.Cl.